The molecule has 0 spiro atoms. The van der Waals surface area contributed by atoms with E-state index >= 15 is 0 Å². The van der Waals surface area contributed by atoms with E-state index in [4.69, 9.17) is 15.2 Å². The number of benzene rings is 1. The van der Waals surface area contributed by atoms with Gasteiger partial charge in [-0.05, 0) is 18.9 Å². The number of rotatable bonds is 6. The Kier molecular flexibility index (Phi) is 4.82. The fourth-order valence-corrected chi connectivity index (χ4v) is 2.51. The molecule has 1 aromatic rings. The van der Waals surface area contributed by atoms with Gasteiger partial charge in [-0.2, -0.15) is 0 Å². The smallest absolute Gasteiger partial charge is 0.165 e. The van der Waals surface area contributed by atoms with Gasteiger partial charge in [0.1, 0.15) is 0 Å². The van der Waals surface area contributed by atoms with Crippen molar-refractivity contribution in [2.75, 3.05) is 20.8 Å². The van der Waals surface area contributed by atoms with Crippen LogP contribution in [-0.4, -0.2) is 26.8 Å². The SMILES string of the molecule is COc1cccc(C(CN)NC2CC=CC2)c1OC. The number of methoxy groups -OCH3 is 2. The molecule has 0 bridgehead atoms. The van der Waals surface area contributed by atoms with E-state index in [2.05, 4.69) is 17.5 Å². The largest absolute Gasteiger partial charge is 0.493 e. The summed E-state index contributed by atoms with van der Waals surface area (Å²) in [6, 6.07) is 6.44. The molecule has 3 N–H and O–H groups in total. The summed E-state index contributed by atoms with van der Waals surface area (Å²) in [4.78, 5) is 0. The van der Waals surface area contributed by atoms with Crippen molar-refractivity contribution >= 4 is 0 Å². The van der Waals surface area contributed by atoms with Crippen molar-refractivity contribution in [1.82, 2.24) is 5.32 Å². The van der Waals surface area contributed by atoms with Crippen LogP contribution in [0.3, 0.4) is 0 Å². The minimum Gasteiger partial charge on any atom is -0.493 e. The van der Waals surface area contributed by atoms with Crippen LogP contribution in [0, 0.1) is 0 Å². The Morgan fingerprint density at radius 3 is 2.58 bits per heavy atom. The quantitative estimate of drug-likeness (QED) is 0.770. The summed E-state index contributed by atoms with van der Waals surface area (Å²) in [7, 11) is 3.31. The summed E-state index contributed by atoms with van der Waals surface area (Å²) < 4.78 is 10.8. The molecule has 0 saturated heterocycles. The van der Waals surface area contributed by atoms with Crippen LogP contribution in [0.4, 0.5) is 0 Å². The van der Waals surface area contributed by atoms with Gasteiger partial charge in [-0.1, -0.05) is 24.3 Å². The second-order valence-corrected chi connectivity index (χ2v) is 4.68. The lowest BCUT2D eigenvalue weighted by molar-refractivity contribution is 0.343. The molecule has 0 fully saturated rings. The Morgan fingerprint density at radius 2 is 2.00 bits per heavy atom. The van der Waals surface area contributed by atoms with Crippen molar-refractivity contribution in [3.8, 4) is 11.5 Å². The van der Waals surface area contributed by atoms with Crippen LogP contribution in [0.25, 0.3) is 0 Å². The van der Waals surface area contributed by atoms with E-state index in [9.17, 15) is 0 Å². The van der Waals surface area contributed by atoms with Gasteiger partial charge < -0.3 is 20.5 Å². The third kappa shape index (κ3) is 3.08. The first-order chi connectivity index (χ1) is 9.30. The van der Waals surface area contributed by atoms with Gasteiger partial charge in [0, 0.05) is 24.2 Å². The predicted molar refractivity (Wildman–Crippen MR) is 76.6 cm³/mol. The molecule has 1 aromatic carbocycles. The van der Waals surface area contributed by atoms with E-state index in [-0.39, 0.29) is 6.04 Å². The Bertz CT molecular complexity index is 438. The number of nitrogens with one attached hydrogen (secondary N) is 1. The average Bonchev–Trinajstić information content (AvgIpc) is 2.96. The van der Waals surface area contributed by atoms with Crippen LogP contribution >= 0.6 is 0 Å². The Balaban J connectivity index is 2.21. The molecule has 0 heterocycles. The summed E-state index contributed by atoms with van der Waals surface area (Å²) in [5, 5.41) is 3.58. The summed E-state index contributed by atoms with van der Waals surface area (Å²) in [5.41, 5.74) is 6.97. The van der Waals surface area contributed by atoms with Gasteiger partial charge in [0.15, 0.2) is 11.5 Å². The van der Waals surface area contributed by atoms with E-state index in [0.717, 1.165) is 29.9 Å². The lowest BCUT2D eigenvalue weighted by Crippen LogP contribution is -2.35. The molecule has 0 aromatic heterocycles. The summed E-state index contributed by atoms with van der Waals surface area (Å²) in [6.45, 7) is 0.528. The molecule has 1 unspecified atom stereocenters. The number of ether oxygens (including phenoxy) is 2. The van der Waals surface area contributed by atoms with E-state index in [0.29, 0.717) is 12.6 Å². The predicted octanol–water partition coefficient (Wildman–Crippen LogP) is 2.01. The Hall–Kier alpha value is -1.52. The van der Waals surface area contributed by atoms with Gasteiger partial charge >= 0.3 is 0 Å². The molecule has 19 heavy (non-hydrogen) atoms. The molecule has 2 rings (SSSR count). The van der Waals surface area contributed by atoms with Crippen molar-refractivity contribution in [2.45, 2.75) is 24.9 Å². The number of hydrogen-bond donors (Lipinski definition) is 2. The van der Waals surface area contributed by atoms with Gasteiger partial charge in [-0.15, -0.1) is 0 Å². The van der Waals surface area contributed by atoms with Crippen molar-refractivity contribution in [3.05, 3.63) is 35.9 Å². The van der Waals surface area contributed by atoms with Crippen LogP contribution in [0.2, 0.25) is 0 Å². The first kappa shape index (κ1) is 13.9. The maximum atomic E-state index is 5.92. The van der Waals surface area contributed by atoms with Crippen LogP contribution in [0.1, 0.15) is 24.4 Å². The maximum Gasteiger partial charge on any atom is 0.165 e. The minimum absolute atomic E-state index is 0.0787. The number of hydrogen-bond acceptors (Lipinski definition) is 4. The minimum atomic E-state index is 0.0787. The zero-order valence-corrected chi connectivity index (χ0v) is 11.6. The van der Waals surface area contributed by atoms with Crippen LogP contribution in [0.15, 0.2) is 30.4 Å². The van der Waals surface area contributed by atoms with Crippen molar-refractivity contribution in [1.29, 1.82) is 0 Å². The molecule has 4 nitrogen and oxygen atoms in total. The summed E-state index contributed by atoms with van der Waals surface area (Å²) in [5.74, 6) is 1.50. The average molecular weight is 262 g/mol. The molecule has 0 radical (unpaired) electrons. The van der Waals surface area contributed by atoms with Crippen LogP contribution in [0.5, 0.6) is 11.5 Å². The standard InChI is InChI=1S/C15H22N2O2/c1-18-14-9-5-8-12(15(14)19-2)13(10-16)17-11-6-3-4-7-11/h3-5,8-9,11,13,17H,6-7,10,16H2,1-2H3. The summed E-state index contributed by atoms with van der Waals surface area (Å²) >= 11 is 0. The molecular formula is C15H22N2O2. The highest BCUT2D eigenvalue weighted by molar-refractivity contribution is 5.48. The van der Waals surface area contributed by atoms with E-state index in [1.54, 1.807) is 14.2 Å². The van der Waals surface area contributed by atoms with Crippen molar-refractivity contribution < 1.29 is 9.47 Å². The Labute approximate surface area is 114 Å². The van der Waals surface area contributed by atoms with Crippen molar-refractivity contribution in [3.63, 3.8) is 0 Å². The van der Waals surface area contributed by atoms with E-state index in [1.807, 2.05) is 18.2 Å². The number of para-hydroxylation sites is 1. The lowest BCUT2D eigenvalue weighted by atomic mass is 10.0. The van der Waals surface area contributed by atoms with Gasteiger partial charge in [-0.25, -0.2) is 0 Å². The molecule has 0 saturated carbocycles. The number of nitrogens with two attached hydrogens (primary N) is 1. The zero-order chi connectivity index (χ0) is 13.7. The molecule has 104 valence electrons. The maximum absolute atomic E-state index is 5.92. The third-order valence-electron chi connectivity index (χ3n) is 3.49. The highest BCUT2D eigenvalue weighted by Gasteiger charge is 2.21. The first-order valence-corrected chi connectivity index (χ1v) is 6.62. The topological polar surface area (TPSA) is 56.5 Å². The van der Waals surface area contributed by atoms with E-state index in [1.165, 1.54) is 0 Å². The van der Waals surface area contributed by atoms with Crippen LogP contribution < -0.4 is 20.5 Å². The van der Waals surface area contributed by atoms with E-state index < -0.39 is 0 Å². The molecule has 1 aliphatic carbocycles. The second-order valence-electron chi connectivity index (χ2n) is 4.68. The molecule has 4 heteroatoms. The highest BCUT2D eigenvalue weighted by Crippen LogP contribution is 2.34. The van der Waals surface area contributed by atoms with Gasteiger partial charge in [-0.3, -0.25) is 0 Å². The fraction of sp³-hybridized carbons (Fsp3) is 0.467. The third-order valence-corrected chi connectivity index (χ3v) is 3.49. The molecule has 0 amide bonds. The molecule has 1 aliphatic rings. The molecular weight excluding hydrogens is 240 g/mol. The molecule has 0 aliphatic heterocycles. The normalized spacial score (nSPS) is 16.6. The monoisotopic (exact) mass is 262 g/mol. The summed E-state index contributed by atoms with van der Waals surface area (Å²) in [6.07, 6.45) is 6.52. The van der Waals surface area contributed by atoms with Gasteiger partial charge in [0.25, 0.3) is 0 Å². The lowest BCUT2D eigenvalue weighted by Gasteiger charge is -2.24. The molecule has 1 atom stereocenters. The van der Waals surface area contributed by atoms with Gasteiger partial charge in [0.05, 0.1) is 14.2 Å². The Morgan fingerprint density at radius 1 is 1.26 bits per heavy atom. The second kappa shape index (κ2) is 6.59. The van der Waals surface area contributed by atoms with Crippen LogP contribution in [-0.2, 0) is 0 Å². The fourth-order valence-electron chi connectivity index (χ4n) is 2.51. The zero-order valence-electron chi connectivity index (χ0n) is 11.6. The van der Waals surface area contributed by atoms with Crippen molar-refractivity contribution in [2.24, 2.45) is 5.73 Å². The van der Waals surface area contributed by atoms with Gasteiger partial charge in [0.2, 0.25) is 0 Å². The first-order valence-electron chi connectivity index (χ1n) is 6.62. The highest BCUT2D eigenvalue weighted by atomic mass is 16.5.